The maximum absolute atomic E-state index is 5.29. The van der Waals surface area contributed by atoms with Crippen LogP contribution in [-0.2, 0) is 5.41 Å². The summed E-state index contributed by atoms with van der Waals surface area (Å²) < 4.78 is 2.69. The van der Waals surface area contributed by atoms with Gasteiger partial charge in [-0.15, -0.1) is 11.3 Å². The van der Waals surface area contributed by atoms with E-state index in [0.29, 0.717) is 0 Å². The Morgan fingerprint density at radius 3 is 1.83 bits per heavy atom. The minimum atomic E-state index is -0.155. The molecule has 9 aromatic rings. The molecule has 2 nitrogen and oxygen atoms in total. The van der Waals surface area contributed by atoms with Crippen LogP contribution in [0.2, 0.25) is 0 Å². The Kier molecular flexibility index (Phi) is 5.25. The molecule has 46 heavy (non-hydrogen) atoms. The van der Waals surface area contributed by atoms with Gasteiger partial charge in [0.15, 0.2) is 0 Å². The van der Waals surface area contributed by atoms with Crippen molar-refractivity contribution < 1.29 is 0 Å². The predicted molar refractivity (Wildman–Crippen MR) is 196 cm³/mol. The van der Waals surface area contributed by atoms with E-state index in [9.17, 15) is 0 Å². The van der Waals surface area contributed by atoms with Crippen LogP contribution in [0.1, 0.15) is 25.0 Å². The first kappa shape index (κ1) is 25.9. The van der Waals surface area contributed by atoms with E-state index in [0.717, 1.165) is 33.1 Å². The first-order valence-electron chi connectivity index (χ1n) is 15.8. The number of rotatable bonds is 2. The van der Waals surface area contributed by atoms with Gasteiger partial charge in [-0.1, -0.05) is 123 Å². The van der Waals surface area contributed by atoms with Crippen LogP contribution in [0.5, 0.6) is 0 Å². The van der Waals surface area contributed by atoms with Crippen LogP contribution in [0, 0.1) is 0 Å². The van der Waals surface area contributed by atoms with Crippen LogP contribution in [-0.4, -0.2) is 9.97 Å². The Labute approximate surface area is 270 Å². The van der Waals surface area contributed by atoms with Gasteiger partial charge in [-0.25, -0.2) is 4.98 Å². The minimum Gasteiger partial charge on any atom is -0.252 e. The van der Waals surface area contributed by atoms with Crippen LogP contribution in [0.3, 0.4) is 0 Å². The average molecular weight is 605 g/mol. The van der Waals surface area contributed by atoms with Gasteiger partial charge in [-0.3, -0.25) is 4.98 Å². The zero-order valence-corrected chi connectivity index (χ0v) is 26.3. The topological polar surface area (TPSA) is 25.8 Å². The standard InChI is InChI=1S/C43H28N2S/c1-43(2)36-22-25(27-15-9-16-35-32-12-7-8-17-39(32)46-42(27)35)18-20-30(36)31-21-19-26(23-37(31)43)38-24-44-40-33-13-5-3-10-28(33)29-11-4-6-14-34(29)41(40)45-38/h3-24H,1-2H3. The third-order valence-electron chi connectivity index (χ3n) is 10.1. The Morgan fingerprint density at radius 1 is 0.500 bits per heavy atom. The lowest BCUT2D eigenvalue weighted by molar-refractivity contribution is 0.661. The van der Waals surface area contributed by atoms with Crippen molar-refractivity contribution in [2.24, 2.45) is 0 Å². The molecule has 0 saturated carbocycles. The van der Waals surface area contributed by atoms with Gasteiger partial charge in [-0.05, 0) is 62.4 Å². The molecule has 10 rings (SSSR count). The van der Waals surface area contributed by atoms with Crippen LogP contribution in [0.4, 0.5) is 0 Å². The van der Waals surface area contributed by atoms with Crippen LogP contribution in [0.25, 0.3) is 86.3 Å². The molecule has 3 heteroatoms. The molecule has 0 unspecified atom stereocenters. The Hall–Kier alpha value is -5.38. The van der Waals surface area contributed by atoms with Gasteiger partial charge in [-0.2, -0.15) is 0 Å². The van der Waals surface area contributed by atoms with Crippen molar-refractivity contribution in [3.8, 4) is 33.5 Å². The first-order chi connectivity index (χ1) is 22.6. The zero-order valence-electron chi connectivity index (χ0n) is 25.5. The number of benzene rings is 7. The van der Waals surface area contributed by atoms with Crippen LogP contribution < -0.4 is 0 Å². The van der Waals surface area contributed by atoms with Crippen LogP contribution >= 0.6 is 11.3 Å². The summed E-state index contributed by atoms with van der Waals surface area (Å²) in [7, 11) is 0. The van der Waals surface area contributed by atoms with E-state index in [1.165, 1.54) is 64.3 Å². The van der Waals surface area contributed by atoms with E-state index >= 15 is 0 Å². The molecule has 0 atom stereocenters. The van der Waals surface area contributed by atoms with Crippen LogP contribution in [0.15, 0.2) is 134 Å². The van der Waals surface area contributed by atoms with Gasteiger partial charge in [0, 0.05) is 41.9 Å². The van der Waals surface area contributed by atoms with E-state index in [2.05, 4.69) is 141 Å². The quantitative estimate of drug-likeness (QED) is 0.183. The second-order valence-corrected chi connectivity index (χ2v) is 14.0. The summed E-state index contributed by atoms with van der Waals surface area (Å²) in [5.74, 6) is 0. The minimum absolute atomic E-state index is 0.155. The molecule has 0 saturated heterocycles. The van der Waals surface area contributed by atoms with Crippen molar-refractivity contribution in [2.75, 3.05) is 0 Å². The Balaban J connectivity index is 1.11. The van der Waals surface area contributed by atoms with Crippen molar-refractivity contribution in [3.05, 3.63) is 145 Å². The molecule has 0 spiro atoms. The molecule has 0 amide bonds. The third kappa shape index (κ3) is 3.52. The van der Waals surface area contributed by atoms with E-state index in [-0.39, 0.29) is 5.41 Å². The third-order valence-corrected chi connectivity index (χ3v) is 11.3. The van der Waals surface area contributed by atoms with Crippen molar-refractivity contribution >= 4 is 64.1 Å². The lowest BCUT2D eigenvalue weighted by Gasteiger charge is -2.22. The highest BCUT2D eigenvalue weighted by molar-refractivity contribution is 7.26. The van der Waals surface area contributed by atoms with E-state index in [1.807, 2.05) is 17.5 Å². The summed E-state index contributed by atoms with van der Waals surface area (Å²) in [6, 6.07) is 46.5. The summed E-state index contributed by atoms with van der Waals surface area (Å²) in [5.41, 5.74) is 11.7. The number of fused-ring (bicyclic) bond motifs is 12. The Bertz CT molecular complexity index is 2700. The molecule has 0 aliphatic heterocycles. The lowest BCUT2D eigenvalue weighted by Crippen LogP contribution is -2.15. The van der Waals surface area contributed by atoms with E-state index in [1.54, 1.807) is 0 Å². The molecule has 0 fully saturated rings. The number of hydrogen-bond acceptors (Lipinski definition) is 3. The van der Waals surface area contributed by atoms with Crippen molar-refractivity contribution in [2.45, 2.75) is 19.3 Å². The monoisotopic (exact) mass is 604 g/mol. The molecule has 2 aromatic heterocycles. The molecule has 1 aliphatic rings. The molecule has 0 radical (unpaired) electrons. The largest absolute Gasteiger partial charge is 0.252 e. The highest BCUT2D eigenvalue weighted by Gasteiger charge is 2.36. The predicted octanol–water partition coefficient (Wildman–Crippen LogP) is 11.9. The number of nitrogens with zero attached hydrogens (tertiary/aromatic N) is 2. The van der Waals surface area contributed by atoms with Gasteiger partial charge < -0.3 is 0 Å². The number of aromatic nitrogens is 2. The van der Waals surface area contributed by atoms with Gasteiger partial charge in [0.2, 0.25) is 0 Å². The smallest absolute Gasteiger partial charge is 0.0979 e. The van der Waals surface area contributed by atoms with Crippen molar-refractivity contribution in [1.82, 2.24) is 9.97 Å². The highest BCUT2D eigenvalue weighted by Crippen LogP contribution is 2.51. The molecule has 0 N–H and O–H groups in total. The lowest BCUT2D eigenvalue weighted by atomic mass is 9.81. The van der Waals surface area contributed by atoms with Crippen molar-refractivity contribution in [1.29, 1.82) is 0 Å². The fourth-order valence-electron chi connectivity index (χ4n) is 7.80. The molecule has 2 heterocycles. The molecular formula is C43H28N2S. The molecule has 7 aromatic carbocycles. The summed E-state index contributed by atoms with van der Waals surface area (Å²) >= 11 is 1.89. The van der Waals surface area contributed by atoms with Gasteiger partial charge >= 0.3 is 0 Å². The van der Waals surface area contributed by atoms with Crippen molar-refractivity contribution in [3.63, 3.8) is 0 Å². The SMILES string of the molecule is CC1(C)c2cc(-c3cnc4c5ccccc5c5ccccc5c4n3)ccc2-c2ccc(-c3cccc4c3sc3ccccc34)cc21. The van der Waals surface area contributed by atoms with Gasteiger partial charge in [0.05, 0.1) is 22.9 Å². The summed E-state index contributed by atoms with van der Waals surface area (Å²) in [6.07, 6.45) is 1.95. The average Bonchev–Trinajstić information content (AvgIpc) is 3.60. The second kappa shape index (κ2) is 9.32. The summed E-state index contributed by atoms with van der Waals surface area (Å²) in [6.45, 7) is 4.72. The number of thiophene rings is 1. The maximum atomic E-state index is 5.29. The Morgan fingerprint density at radius 2 is 1.09 bits per heavy atom. The van der Waals surface area contributed by atoms with Gasteiger partial charge in [0.25, 0.3) is 0 Å². The maximum Gasteiger partial charge on any atom is 0.0979 e. The second-order valence-electron chi connectivity index (χ2n) is 13.0. The summed E-state index contributed by atoms with van der Waals surface area (Å²) in [4.78, 5) is 10.3. The number of hydrogen-bond donors (Lipinski definition) is 0. The van der Waals surface area contributed by atoms with E-state index < -0.39 is 0 Å². The normalized spacial score (nSPS) is 13.6. The molecular weight excluding hydrogens is 577 g/mol. The van der Waals surface area contributed by atoms with E-state index in [4.69, 9.17) is 9.97 Å². The molecule has 1 aliphatic carbocycles. The molecule has 0 bridgehead atoms. The fourth-order valence-corrected chi connectivity index (χ4v) is 9.04. The highest BCUT2D eigenvalue weighted by atomic mass is 32.1. The fraction of sp³-hybridized carbons (Fsp3) is 0.0698. The first-order valence-corrected chi connectivity index (χ1v) is 16.6. The zero-order chi connectivity index (χ0) is 30.6. The molecule has 216 valence electrons. The van der Waals surface area contributed by atoms with Gasteiger partial charge in [0.1, 0.15) is 0 Å². The summed E-state index contributed by atoms with van der Waals surface area (Å²) in [5, 5.41) is 7.38.